The van der Waals surface area contributed by atoms with Crippen molar-refractivity contribution < 1.29 is 4.39 Å². The third kappa shape index (κ3) is 3.22. The van der Waals surface area contributed by atoms with Crippen LogP contribution in [-0.4, -0.2) is 33.9 Å². The van der Waals surface area contributed by atoms with E-state index in [1.165, 1.54) is 12.1 Å². The predicted octanol–water partition coefficient (Wildman–Crippen LogP) is 3.00. The molecule has 0 spiro atoms. The van der Waals surface area contributed by atoms with Crippen molar-refractivity contribution >= 4 is 6.72 Å². The molecule has 1 unspecified atom stereocenters. The van der Waals surface area contributed by atoms with E-state index in [2.05, 4.69) is 33.8 Å². The molecular weight excluding hydrogens is 305 g/mol. The Morgan fingerprint density at radius 2 is 2.33 bits per heavy atom. The molecule has 1 N–H and O–H groups in total. The minimum atomic E-state index is -0.262. The van der Waals surface area contributed by atoms with Gasteiger partial charge in [-0.2, -0.15) is 0 Å². The van der Waals surface area contributed by atoms with E-state index in [4.69, 9.17) is 0 Å². The molecule has 1 aliphatic rings. The Hall–Kier alpha value is -2.89. The van der Waals surface area contributed by atoms with Gasteiger partial charge in [-0.25, -0.2) is 9.37 Å². The van der Waals surface area contributed by atoms with Crippen molar-refractivity contribution in [3.8, 4) is 11.4 Å². The highest BCUT2D eigenvalue weighted by atomic mass is 19.1. The Labute approximate surface area is 140 Å². The smallest absolute Gasteiger partial charge is 0.140 e. The number of nitrogens with zero attached hydrogens (tertiary/aromatic N) is 4. The van der Waals surface area contributed by atoms with Crippen LogP contribution in [0.15, 0.2) is 65.8 Å². The van der Waals surface area contributed by atoms with Crippen LogP contribution in [-0.2, 0) is 6.54 Å². The van der Waals surface area contributed by atoms with E-state index in [1.807, 2.05) is 29.1 Å². The molecule has 0 fully saturated rings. The lowest BCUT2D eigenvalue weighted by Crippen LogP contribution is -2.40. The highest BCUT2D eigenvalue weighted by Gasteiger charge is 2.24. The maximum Gasteiger partial charge on any atom is 0.140 e. The Morgan fingerprint density at radius 3 is 3.08 bits per heavy atom. The number of imidazole rings is 1. The number of aliphatic imine (C=N–C) groups is 1. The van der Waals surface area contributed by atoms with Crippen molar-refractivity contribution in [1.29, 1.82) is 0 Å². The normalized spacial score (nSPS) is 17.2. The van der Waals surface area contributed by atoms with Gasteiger partial charge in [0.15, 0.2) is 0 Å². The first-order chi connectivity index (χ1) is 11.7. The summed E-state index contributed by atoms with van der Waals surface area (Å²) in [7, 11) is 0. The maximum atomic E-state index is 13.5. The first kappa shape index (κ1) is 16.0. The number of halogens is 1. The van der Waals surface area contributed by atoms with Crippen molar-refractivity contribution in [2.24, 2.45) is 4.99 Å². The Morgan fingerprint density at radius 1 is 1.46 bits per heavy atom. The Kier molecular flexibility index (Phi) is 4.74. The van der Waals surface area contributed by atoms with Crippen molar-refractivity contribution in [1.82, 2.24) is 19.8 Å². The lowest BCUT2D eigenvalue weighted by molar-refractivity contribution is 0.251. The molecule has 1 atom stereocenters. The minimum Gasteiger partial charge on any atom is -0.368 e. The van der Waals surface area contributed by atoms with Crippen LogP contribution in [0.5, 0.6) is 0 Å². The molecule has 1 aromatic carbocycles. The van der Waals surface area contributed by atoms with Crippen molar-refractivity contribution in [3.05, 3.63) is 66.6 Å². The number of aromatic nitrogens is 2. The van der Waals surface area contributed by atoms with E-state index in [0.29, 0.717) is 6.54 Å². The molecule has 124 valence electrons. The van der Waals surface area contributed by atoms with Crippen LogP contribution in [0.3, 0.4) is 0 Å². The molecule has 0 bridgehead atoms. The van der Waals surface area contributed by atoms with Crippen molar-refractivity contribution in [3.63, 3.8) is 0 Å². The largest absolute Gasteiger partial charge is 0.368 e. The number of nitrogens with one attached hydrogen (secondary N) is 1. The summed E-state index contributed by atoms with van der Waals surface area (Å²) in [5, 5.41) is 3.37. The Bertz CT molecular complexity index is 777. The molecule has 6 heteroatoms. The standard InChI is InChI=1S/C18H20FN5/c1-3-24-16(7-8-20-2)12-22-17(24)13-23-10-9-21-18(23)14-5-4-6-15(19)11-14/h4-12,17,22H,2-3,13H2,1H3/b8-7-. The summed E-state index contributed by atoms with van der Waals surface area (Å²) < 4.78 is 15.5. The van der Waals surface area contributed by atoms with Gasteiger partial charge in [0, 0.05) is 36.9 Å². The van der Waals surface area contributed by atoms with Crippen LogP contribution >= 0.6 is 0 Å². The fourth-order valence-electron chi connectivity index (χ4n) is 2.89. The van der Waals surface area contributed by atoms with E-state index in [-0.39, 0.29) is 12.0 Å². The molecule has 5 nitrogen and oxygen atoms in total. The molecule has 1 aliphatic heterocycles. The molecule has 2 heterocycles. The zero-order chi connectivity index (χ0) is 16.9. The number of likely N-dealkylation sites (N-methyl/N-ethyl adjacent to an activating group) is 1. The van der Waals surface area contributed by atoms with E-state index in [1.54, 1.807) is 18.5 Å². The van der Waals surface area contributed by atoms with Crippen molar-refractivity contribution in [2.45, 2.75) is 19.6 Å². The molecule has 0 saturated carbocycles. The maximum absolute atomic E-state index is 13.5. The third-order valence-electron chi connectivity index (χ3n) is 3.99. The summed E-state index contributed by atoms with van der Waals surface area (Å²) in [6.07, 6.45) is 9.31. The summed E-state index contributed by atoms with van der Waals surface area (Å²) >= 11 is 0. The SMILES string of the molecule is C=N/C=C\C1=CNC(Cn2ccnc2-c2cccc(F)c2)N1CC. The van der Waals surface area contributed by atoms with Crippen LogP contribution in [0, 0.1) is 5.82 Å². The zero-order valence-electron chi connectivity index (χ0n) is 13.6. The minimum absolute atomic E-state index is 0.0981. The van der Waals surface area contributed by atoms with Gasteiger partial charge in [0.2, 0.25) is 0 Å². The summed E-state index contributed by atoms with van der Waals surface area (Å²) in [5.74, 6) is 0.492. The molecule has 0 aliphatic carbocycles. The van der Waals surface area contributed by atoms with E-state index >= 15 is 0 Å². The average molecular weight is 325 g/mol. The number of rotatable bonds is 6. The van der Waals surface area contributed by atoms with Crippen LogP contribution in [0.25, 0.3) is 11.4 Å². The summed E-state index contributed by atoms with van der Waals surface area (Å²) in [4.78, 5) is 10.4. The van der Waals surface area contributed by atoms with Gasteiger partial charge in [-0.1, -0.05) is 12.1 Å². The summed E-state index contributed by atoms with van der Waals surface area (Å²) in [5.41, 5.74) is 1.83. The number of hydrogen-bond acceptors (Lipinski definition) is 4. The highest BCUT2D eigenvalue weighted by molar-refractivity contribution is 5.55. The molecule has 24 heavy (non-hydrogen) atoms. The quantitative estimate of drug-likeness (QED) is 0.831. The van der Waals surface area contributed by atoms with Gasteiger partial charge in [-0.3, -0.25) is 4.99 Å². The molecule has 3 rings (SSSR count). The third-order valence-corrected chi connectivity index (χ3v) is 3.99. The average Bonchev–Trinajstić information content (AvgIpc) is 3.20. The van der Waals surface area contributed by atoms with Crippen LogP contribution < -0.4 is 5.32 Å². The van der Waals surface area contributed by atoms with Crippen LogP contribution in [0.2, 0.25) is 0 Å². The predicted molar refractivity (Wildman–Crippen MR) is 93.7 cm³/mol. The highest BCUT2D eigenvalue weighted by Crippen LogP contribution is 2.21. The van der Waals surface area contributed by atoms with Gasteiger partial charge >= 0.3 is 0 Å². The Balaban J connectivity index is 1.79. The van der Waals surface area contributed by atoms with E-state index < -0.39 is 0 Å². The lowest BCUT2D eigenvalue weighted by atomic mass is 10.2. The second-order valence-corrected chi connectivity index (χ2v) is 5.45. The van der Waals surface area contributed by atoms with Crippen LogP contribution in [0.1, 0.15) is 6.92 Å². The van der Waals surface area contributed by atoms with Gasteiger partial charge in [0.25, 0.3) is 0 Å². The summed E-state index contributed by atoms with van der Waals surface area (Å²) in [6.45, 7) is 7.11. The number of hydrogen-bond donors (Lipinski definition) is 1. The fourth-order valence-corrected chi connectivity index (χ4v) is 2.89. The molecule has 0 radical (unpaired) electrons. The second kappa shape index (κ2) is 7.12. The van der Waals surface area contributed by atoms with Gasteiger partial charge in [0.05, 0.1) is 12.2 Å². The second-order valence-electron chi connectivity index (χ2n) is 5.45. The van der Waals surface area contributed by atoms with Gasteiger partial charge in [-0.05, 0) is 31.9 Å². The van der Waals surface area contributed by atoms with E-state index in [9.17, 15) is 4.39 Å². The monoisotopic (exact) mass is 325 g/mol. The summed E-state index contributed by atoms with van der Waals surface area (Å²) in [6, 6.07) is 6.50. The topological polar surface area (TPSA) is 45.5 Å². The molecule has 0 saturated heterocycles. The first-order valence-corrected chi connectivity index (χ1v) is 7.85. The fraction of sp³-hybridized carbons (Fsp3) is 0.222. The van der Waals surface area contributed by atoms with Crippen molar-refractivity contribution in [2.75, 3.05) is 6.54 Å². The molecule has 2 aromatic rings. The number of benzene rings is 1. The van der Waals surface area contributed by atoms with Gasteiger partial charge < -0.3 is 14.8 Å². The van der Waals surface area contributed by atoms with E-state index in [0.717, 1.165) is 23.6 Å². The number of allylic oxidation sites excluding steroid dienone is 1. The first-order valence-electron chi connectivity index (χ1n) is 7.85. The van der Waals surface area contributed by atoms with Gasteiger partial charge in [-0.15, -0.1) is 0 Å². The molecular formula is C18H20FN5. The zero-order valence-corrected chi connectivity index (χ0v) is 13.6. The van der Waals surface area contributed by atoms with Gasteiger partial charge in [0.1, 0.15) is 17.8 Å². The molecule has 1 aromatic heterocycles. The van der Waals surface area contributed by atoms with Crippen LogP contribution in [0.4, 0.5) is 4.39 Å². The molecule has 0 amide bonds. The lowest BCUT2D eigenvalue weighted by Gasteiger charge is -2.27.